The molecule has 1 saturated heterocycles. The van der Waals surface area contributed by atoms with Gasteiger partial charge in [-0.3, -0.25) is 9.59 Å². The molecule has 5 nitrogen and oxygen atoms in total. The van der Waals surface area contributed by atoms with Crippen LogP contribution in [-0.4, -0.2) is 37.9 Å². The number of Topliss-reactive ketones (excluding diaryl/α,β-unsaturated/α-hetero) is 1. The van der Waals surface area contributed by atoms with Crippen LogP contribution in [0.25, 0.3) is 0 Å². The number of rotatable bonds is 1. The third-order valence-electron chi connectivity index (χ3n) is 3.51. The fraction of sp³-hybridized carbons (Fsp3) is 0.833. The molecule has 1 atom stereocenters. The molecular formula is C12H18O5. The first-order valence-corrected chi connectivity index (χ1v) is 5.80. The van der Waals surface area contributed by atoms with E-state index in [1.807, 2.05) is 13.8 Å². The van der Waals surface area contributed by atoms with E-state index in [4.69, 9.17) is 9.47 Å². The molecule has 1 aliphatic carbocycles. The first-order chi connectivity index (χ1) is 7.90. The van der Waals surface area contributed by atoms with Crippen LogP contribution in [0, 0.1) is 11.3 Å². The largest absolute Gasteiger partial charge is 0.468 e. The van der Waals surface area contributed by atoms with Gasteiger partial charge in [0, 0.05) is 18.3 Å². The summed E-state index contributed by atoms with van der Waals surface area (Å²) in [4.78, 5) is 23.8. The van der Waals surface area contributed by atoms with Crippen molar-refractivity contribution in [2.75, 3.05) is 20.3 Å². The summed E-state index contributed by atoms with van der Waals surface area (Å²) in [5.74, 6) is -2.15. The minimum atomic E-state index is -0.781. The molecule has 2 fully saturated rings. The Kier molecular flexibility index (Phi) is 2.99. The number of carbonyl (C=O) groups is 2. The molecule has 1 unspecified atom stereocenters. The normalized spacial score (nSPS) is 30.5. The van der Waals surface area contributed by atoms with Gasteiger partial charge >= 0.3 is 5.97 Å². The van der Waals surface area contributed by atoms with Gasteiger partial charge in [0.2, 0.25) is 0 Å². The lowest BCUT2D eigenvalue weighted by Gasteiger charge is -2.42. The maximum atomic E-state index is 12.2. The molecular weight excluding hydrogens is 224 g/mol. The van der Waals surface area contributed by atoms with Crippen LogP contribution in [0.5, 0.6) is 0 Å². The summed E-state index contributed by atoms with van der Waals surface area (Å²) in [6.45, 7) is 4.66. The van der Waals surface area contributed by atoms with Crippen LogP contribution >= 0.6 is 0 Å². The molecule has 1 heterocycles. The zero-order valence-corrected chi connectivity index (χ0v) is 10.4. The highest BCUT2D eigenvalue weighted by Crippen LogP contribution is 2.45. The quantitative estimate of drug-likeness (QED) is 0.505. The van der Waals surface area contributed by atoms with E-state index < -0.39 is 23.1 Å². The standard InChI is InChI=1S/C12H18O5/c1-11(2)7-12(16-4-5-17-12)6-8(9(11)13)10(14)15-3/h8H,4-7H2,1-3H3. The Morgan fingerprint density at radius 1 is 1.35 bits per heavy atom. The summed E-state index contributed by atoms with van der Waals surface area (Å²) in [6.07, 6.45) is 0.758. The lowest BCUT2D eigenvalue weighted by Crippen LogP contribution is -2.52. The first kappa shape index (κ1) is 12.5. The molecule has 2 rings (SSSR count). The summed E-state index contributed by atoms with van der Waals surface area (Å²) in [7, 11) is 1.29. The second-order valence-corrected chi connectivity index (χ2v) is 5.31. The summed E-state index contributed by atoms with van der Waals surface area (Å²) in [6, 6.07) is 0. The number of ketones is 1. The van der Waals surface area contributed by atoms with E-state index in [1.54, 1.807) is 0 Å². The maximum Gasteiger partial charge on any atom is 0.316 e. The second kappa shape index (κ2) is 4.07. The van der Waals surface area contributed by atoms with Gasteiger partial charge in [-0.1, -0.05) is 13.8 Å². The van der Waals surface area contributed by atoms with Crippen LogP contribution in [0.1, 0.15) is 26.7 Å². The smallest absolute Gasteiger partial charge is 0.316 e. The van der Waals surface area contributed by atoms with Gasteiger partial charge in [0.15, 0.2) is 11.6 Å². The molecule has 0 radical (unpaired) electrons. The molecule has 0 aromatic rings. The fourth-order valence-electron chi connectivity index (χ4n) is 2.76. The van der Waals surface area contributed by atoms with Crippen LogP contribution in [0.3, 0.4) is 0 Å². The molecule has 96 valence electrons. The van der Waals surface area contributed by atoms with Gasteiger partial charge in [0.05, 0.1) is 20.3 Å². The molecule has 0 amide bonds. The number of carbonyl (C=O) groups excluding carboxylic acids is 2. The molecule has 17 heavy (non-hydrogen) atoms. The minimum Gasteiger partial charge on any atom is -0.468 e. The van der Waals surface area contributed by atoms with Gasteiger partial charge in [-0.2, -0.15) is 0 Å². The first-order valence-electron chi connectivity index (χ1n) is 5.80. The summed E-state index contributed by atoms with van der Waals surface area (Å²) in [5.41, 5.74) is -0.624. The van der Waals surface area contributed by atoms with E-state index in [-0.39, 0.29) is 12.2 Å². The van der Waals surface area contributed by atoms with E-state index in [0.717, 1.165) is 0 Å². The molecule has 1 saturated carbocycles. The molecule has 0 aromatic heterocycles. The Labute approximate surface area is 100 Å². The van der Waals surface area contributed by atoms with Gasteiger partial charge in [-0.15, -0.1) is 0 Å². The van der Waals surface area contributed by atoms with Gasteiger partial charge in [-0.05, 0) is 0 Å². The van der Waals surface area contributed by atoms with Crippen molar-refractivity contribution in [3.05, 3.63) is 0 Å². The zero-order valence-electron chi connectivity index (χ0n) is 10.4. The molecule has 5 heteroatoms. The lowest BCUT2D eigenvalue weighted by molar-refractivity contribution is -0.211. The second-order valence-electron chi connectivity index (χ2n) is 5.31. The predicted octanol–water partition coefficient (Wildman–Crippen LogP) is 0.908. The molecule has 0 bridgehead atoms. The fourth-order valence-corrected chi connectivity index (χ4v) is 2.76. The van der Waals surface area contributed by atoms with Gasteiger partial charge in [-0.25, -0.2) is 0 Å². The number of hydrogen-bond donors (Lipinski definition) is 0. The number of esters is 1. The van der Waals surface area contributed by atoms with Crippen LogP contribution in [0.4, 0.5) is 0 Å². The Hall–Kier alpha value is -0.940. The number of ether oxygens (including phenoxy) is 3. The molecule has 2 aliphatic rings. The van der Waals surface area contributed by atoms with Crippen molar-refractivity contribution in [3.63, 3.8) is 0 Å². The summed E-state index contributed by atoms with van der Waals surface area (Å²) in [5, 5.41) is 0. The Morgan fingerprint density at radius 3 is 2.47 bits per heavy atom. The lowest BCUT2D eigenvalue weighted by atomic mass is 9.68. The maximum absolute atomic E-state index is 12.2. The van der Waals surface area contributed by atoms with E-state index in [1.165, 1.54) is 7.11 Å². The van der Waals surface area contributed by atoms with E-state index in [9.17, 15) is 9.59 Å². The van der Waals surface area contributed by atoms with Crippen LogP contribution in [-0.2, 0) is 23.8 Å². The zero-order chi connectivity index (χ0) is 12.7. The van der Waals surface area contributed by atoms with E-state index in [0.29, 0.717) is 19.6 Å². The van der Waals surface area contributed by atoms with Crippen molar-refractivity contribution in [3.8, 4) is 0 Å². The molecule has 1 spiro atoms. The highest BCUT2D eigenvalue weighted by atomic mass is 16.7. The van der Waals surface area contributed by atoms with Crippen molar-refractivity contribution in [1.82, 2.24) is 0 Å². The summed E-state index contributed by atoms with van der Waals surface area (Å²) >= 11 is 0. The molecule has 0 N–H and O–H groups in total. The minimum absolute atomic E-state index is 0.0888. The van der Waals surface area contributed by atoms with Crippen molar-refractivity contribution in [1.29, 1.82) is 0 Å². The van der Waals surface area contributed by atoms with Gasteiger partial charge in [0.1, 0.15) is 5.92 Å². The monoisotopic (exact) mass is 242 g/mol. The van der Waals surface area contributed by atoms with Crippen molar-refractivity contribution in [2.45, 2.75) is 32.5 Å². The van der Waals surface area contributed by atoms with Crippen LogP contribution < -0.4 is 0 Å². The molecule has 0 aromatic carbocycles. The Balaban J connectivity index is 2.27. The highest BCUT2D eigenvalue weighted by molar-refractivity contribution is 6.02. The topological polar surface area (TPSA) is 61.8 Å². The van der Waals surface area contributed by atoms with Crippen molar-refractivity contribution in [2.24, 2.45) is 11.3 Å². The van der Waals surface area contributed by atoms with Gasteiger partial charge in [0.25, 0.3) is 0 Å². The highest BCUT2D eigenvalue weighted by Gasteiger charge is 2.55. The number of hydrogen-bond acceptors (Lipinski definition) is 5. The third-order valence-corrected chi connectivity index (χ3v) is 3.51. The average molecular weight is 242 g/mol. The Bertz CT molecular complexity index is 341. The summed E-state index contributed by atoms with van der Waals surface area (Å²) < 4.78 is 15.9. The van der Waals surface area contributed by atoms with E-state index >= 15 is 0 Å². The van der Waals surface area contributed by atoms with E-state index in [2.05, 4.69) is 4.74 Å². The van der Waals surface area contributed by atoms with Crippen molar-refractivity contribution < 1.29 is 23.8 Å². The van der Waals surface area contributed by atoms with Crippen molar-refractivity contribution >= 4 is 11.8 Å². The SMILES string of the molecule is COC(=O)C1CC2(CC(C)(C)C1=O)OCCO2. The molecule has 1 aliphatic heterocycles. The Morgan fingerprint density at radius 2 is 1.94 bits per heavy atom. The number of methoxy groups -OCH3 is 1. The van der Waals surface area contributed by atoms with Crippen LogP contribution in [0.15, 0.2) is 0 Å². The predicted molar refractivity (Wildman–Crippen MR) is 58.2 cm³/mol. The van der Waals surface area contributed by atoms with Gasteiger partial charge < -0.3 is 14.2 Å². The third kappa shape index (κ3) is 2.09. The average Bonchev–Trinajstić information content (AvgIpc) is 2.70. The van der Waals surface area contributed by atoms with Crippen LogP contribution in [0.2, 0.25) is 0 Å².